The average Bonchev–Trinajstić information content (AvgIpc) is 2.73. The lowest BCUT2D eigenvalue weighted by Crippen LogP contribution is -1.84. The number of hydrogen-bond acceptors (Lipinski definition) is 2. The zero-order chi connectivity index (χ0) is 11.6. The molecule has 1 heterocycles. The molecule has 0 N–H and O–H groups in total. The Labute approximate surface area is 99.4 Å². The van der Waals surface area contributed by atoms with Crippen LogP contribution in [0.25, 0.3) is 0 Å². The van der Waals surface area contributed by atoms with Gasteiger partial charge in [0.2, 0.25) is 0 Å². The molecule has 0 fully saturated rings. The maximum absolute atomic E-state index is 5.33. The third-order valence-electron chi connectivity index (χ3n) is 2.92. The number of hydrogen-bond donors (Lipinski definition) is 0. The summed E-state index contributed by atoms with van der Waals surface area (Å²) < 4.78 is 5.33. The molecule has 0 aromatic carbocycles. The first kappa shape index (κ1) is 13.3. The van der Waals surface area contributed by atoms with Crippen LogP contribution in [0.1, 0.15) is 70.2 Å². The quantitative estimate of drug-likeness (QED) is 0.575. The fourth-order valence-corrected chi connectivity index (χ4v) is 1.87. The van der Waals surface area contributed by atoms with E-state index in [1.165, 1.54) is 44.9 Å². The Bertz CT molecular complexity index is 267. The highest BCUT2D eigenvalue weighted by atomic mass is 16.5. The number of nitrogens with zero attached hydrogens (tertiary/aromatic N) is 1. The van der Waals surface area contributed by atoms with E-state index >= 15 is 0 Å². The highest BCUT2D eigenvalue weighted by Gasteiger charge is 2.03. The van der Waals surface area contributed by atoms with Crippen molar-refractivity contribution in [2.24, 2.45) is 0 Å². The van der Waals surface area contributed by atoms with Crippen molar-refractivity contribution in [3.8, 4) is 0 Å². The van der Waals surface area contributed by atoms with E-state index in [2.05, 4.69) is 25.1 Å². The first-order valence-electron chi connectivity index (χ1n) is 6.81. The van der Waals surface area contributed by atoms with E-state index in [1.54, 1.807) is 0 Å². The molecule has 1 aromatic rings. The third-order valence-corrected chi connectivity index (χ3v) is 2.92. The van der Waals surface area contributed by atoms with Gasteiger partial charge in [-0.25, -0.2) is 0 Å². The molecule has 0 spiro atoms. The Morgan fingerprint density at radius 2 is 1.62 bits per heavy atom. The van der Waals surface area contributed by atoms with E-state index in [-0.39, 0.29) is 0 Å². The highest BCUT2D eigenvalue weighted by molar-refractivity contribution is 5.05. The zero-order valence-corrected chi connectivity index (χ0v) is 10.8. The summed E-state index contributed by atoms with van der Waals surface area (Å²) in [4.78, 5) is 0. The highest BCUT2D eigenvalue weighted by Crippen LogP contribution is 2.11. The van der Waals surface area contributed by atoms with Crippen molar-refractivity contribution in [1.29, 1.82) is 0 Å². The number of aromatic nitrogens is 1. The second-order valence-corrected chi connectivity index (χ2v) is 4.55. The van der Waals surface area contributed by atoms with Crippen LogP contribution in [0.2, 0.25) is 0 Å². The monoisotopic (exact) mass is 223 g/mol. The summed E-state index contributed by atoms with van der Waals surface area (Å²) in [6, 6.07) is 2.14. The van der Waals surface area contributed by atoms with E-state index in [0.29, 0.717) is 0 Å². The maximum Gasteiger partial charge on any atom is 0.137 e. The van der Waals surface area contributed by atoms with E-state index in [9.17, 15) is 0 Å². The minimum atomic E-state index is 1.06. The standard InChI is InChI=1S/C14H25NO/c1-3-5-7-9-11-14-12-13(15-16-14)10-8-6-4-2/h12H,3-11H2,1-2H3. The number of aryl methyl sites for hydroxylation is 2. The Morgan fingerprint density at radius 3 is 2.38 bits per heavy atom. The van der Waals surface area contributed by atoms with Crippen molar-refractivity contribution >= 4 is 0 Å². The lowest BCUT2D eigenvalue weighted by molar-refractivity contribution is 0.372. The minimum absolute atomic E-state index is 1.06. The molecule has 0 aliphatic carbocycles. The smallest absolute Gasteiger partial charge is 0.137 e. The Hall–Kier alpha value is -0.790. The van der Waals surface area contributed by atoms with Gasteiger partial charge >= 0.3 is 0 Å². The molecule has 0 saturated carbocycles. The van der Waals surface area contributed by atoms with Gasteiger partial charge in [-0.1, -0.05) is 51.1 Å². The summed E-state index contributed by atoms with van der Waals surface area (Å²) in [6.45, 7) is 4.46. The molecule has 0 aliphatic rings. The molecule has 1 aromatic heterocycles. The summed E-state index contributed by atoms with van der Waals surface area (Å²) in [5.74, 6) is 1.07. The number of unbranched alkanes of at least 4 members (excludes halogenated alkanes) is 5. The van der Waals surface area contributed by atoms with Crippen molar-refractivity contribution in [1.82, 2.24) is 5.16 Å². The SMILES string of the molecule is CCCCCCc1cc(CCCCC)no1. The summed E-state index contributed by atoms with van der Waals surface area (Å²) in [5, 5.41) is 4.11. The Morgan fingerprint density at radius 1 is 0.938 bits per heavy atom. The molecule has 2 heteroatoms. The topological polar surface area (TPSA) is 26.0 Å². The van der Waals surface area contributed by atoms with Gasteiger partial charge in [-0.15, -0.1) is 0 Å². The van der Waals surface area contributed by atoms with Gasteiger partial charge in [0.05, 0.1) is 5.69 Å². The molecule has 0 radical (unpaired) electrons. The summed E-state index contributed by atoms with van der Waals surface area (Å²) in [7, 11) is 0. The van der Waals surface area contributed by atoms with Gasteiger partial charge in [0.25, 0.3) is 0 Å². The van der Waals surface area contributed by atoms with E-state index in [0.717, 1.165) is 24.3 Å². The second kappa shape index (κ2) is 8.37. The molecule has 0 amide bonds. The van der Waals surface area contributed by atoms with Gasteiger partial charge in [0, 0.05) is 12.5 Å². The van der Waals surface area contributed by atoms with Gasteiger partial charge in [0.1, 0.15) is 5.76 Å². The molecule has 2 nitrogen and oxygen atoms in total. The molecule has 16 heavy (non-hydrogen) atoms. The van der Waals surface area contributed by atoms with Crippen LogP contribution in [0.15, 0.2) is 10.6 Å². The van der Waals surface area contributed by atoms with E-state index in [4.69, 9.17) is 4.52 Å². The number of rotatable bonds is 9. The lowest BCUT2D eigenvalue weighted by atomic mass is 10.1. The van der Waals surface area contributed by atoms with Crippen LogP contribution in [0.3, 0.4) is 0 Å². The molecule has 0 saturated heterocycles. The molecule has 0 atom stereocenters. The fourth-order valence-electron chi connectivity index (χ4n) is 1.87. The van der Waals surface area contributed by atoms with Crippen LogP contribution in [-0.4, -0.2) is 5.16 Å². The van der Waals surface area contributed by atoms with Crippen molar-refractivity contribution in [2.45, 2.75) is 71.6 Å². The third kappa shape index (κ3) is 5.34. The van der Waals surface area contributed by atoms with Crippen molar-refractivity contribution in [2.75, 3.05) is 0 Å². The van der Waals surface area contributed by atoms with Crippen molar-refractivity contribution in [3.05, 3.63) is 17.5 Å². The van der Waals surface area contributed by atoms with E-state index < -0.39 is 0 Å². The first-order chi connectivity index (χ1) is 7.86. The molecule has 0 bridgehead atoms. The summed E-state index contributed by atoms with van der Waals surface area (Å²) in [6.07, 6.45) is 11.1. The largest absolute Gasteiger partial charge is 0.361 e. The van der Waals surface area contributed by atoms with Gasteiger partial charge in [-0.3, -0.25) is 0 Å². The first-order valence-corrected chi connectivity index (χ1v) is 6.81. The van der Waals surface area contributed by atoms with Crippen molar-refractivity contribution in [3.63, 3.8) is 0 Å². The Balaban J connectivity index is 2.17. The van der Waals surface area contributed by atoms with E-state index in [1.807, 2.05) is 0 Å². The molecule has 0 aliphatic heterocycles. The molecule has 1 rings (SSSR count). The predicted octanol–water partition coefficient (Wildman–Crippen LogP) is 4.53. The second-order valence-electron chi connectivity index (χ2n) is 4.55. The maximum atomic E-state index is 5.33. The van der Waals surface area contributed by atoms with Gasteiger partial charge in [-0.05, 0) is 19.3 Å². The van der Waals surface area contributed by atoms with Crippen LogP contribution in [0.4, 0.5) is 0 Å². The molecular formula is C14H25NO. The lowest BCUT2D eigenvalue weighted by Gasteiger charge is -1.94. The van der Waals surface area contributed by atoms with Gasteiger partial charge in [-0.2, -0.15) is 0 Å². The fraction of sp³-hybridized carbons (Fsp3) is 0.786. The summed E-state index contributed by atoms with van der Waals surface area (Å²) in [5.41, 5.74) is 1.14. The van der Waals surface area contributed by atoms with Crippen LogP contribution in [-0.2, 0) is 12.8 Å². The van der Waals surface area contributed by atoms with Crippen LogP contribution >= 0.6 is 0 Å². The van der Waals surface area contributed by atoms with Crippen LogP contribution in [0.5, 0.6) is 0 Å². The zero-order valence-electron chi connectivity index (χ0n) is 10.8. The average molecular weight is 223 g/mol. The molecular weight excluding hydrogens is 198 g/mol. The van der Waals surface area contributed by atoms with Crippen LogP contribution in [0, 0.1) is 0 Å². The van der Waals surface area contributed by atoms with Gasteiger partial charge in [0.15, 0.2) is 0 Å². The normalized spacial score (nSPS) is 10.9. The van der Waals surface area contributed by atoms with Gasteiger partial charge < -0.3 is 4.52 Å². The summed E-state index contributed by atoms with van der Waals surface area (Å²) >= 11 is 0. The van der Waals surface area contributed by atoms with Crippen molar-refractivity contribution < 1.29 is 4.52 Å². The molecule has 92 valence electrons. The predicted molar refractivity (Wildman–Crippen MR) is 67.6 cm³/mol. The minimum Gasteiger partial charge on any atom is -0.361 e. The molecule has 0 unspecified atom stereocenters. The van der Waals surface area contributed by atoms with Crippen LogP contribution < -0.4 is 0 Å². The Kier molecular flexibility index (Phi) is 6.95.